The van der Waals surface area contributed by atoms with Crippen molar-refractivity contribution in [2.75, 3.05) is 13.1 Å². The standard InChI is InChI=1S/C17H20F4N2O2/c1-11(12-4-6-13(18)7-5-12)9-15(24)23-8-2-3-14(23)16(25)22-10-17(19,20)21/h4-7,11,14H,2-3,8-10H2,1H3,(H,22,25)/t11-,14+/m0/s1. The summed E-state index contributed by atoms with van der Waals surface area (Å²) in [5.41, 5.74) is 0.784. The molecule has 2 atom stereocenters. The van der Waals surface area contributed by atoms with Gasteiger partial charge in [0.1, 0.15) is 18.4 Å². The van der Waals surface area contributed by atoms with E-state index < -0.39 is 24.7 Å². The summed E-state index contributed by atoms with van der Waals surface area (Å²) in [6.07, 6.45) is -3.46. The van der Waals surface area contributed by atoms with E-state index in [1.807, 2.05) is 5.32 Å². The first-order valence-corrected chi connectivity index (χ1v) is 8.07. The lowest BCUT2D eigenvalue weighted by atomic mass is 9.97. The number of amides is 2. The third kappa shape index (κ3) is 5.44. The maximum absolute atomic E-state index is 13.0. The second-order valence-electron chi connectivity index (χ2n) is 6.23. The van der Waals surface area contributed by atoms with Gasteiger partial charge in [0.2, 0.25) is 11.8 Å². The highest BCUT2D eigenvalue weighted by atomic mass is 19.4. The molecule has 1 aliphatic heterocycles. The highest BCUT2D eigenvalue weighted by Crippen LogP contribution is 2.24. The topological polar surface area (TPSA) is 49.4 Å². The van der Waals surface area contributed by atoms with Crippen LogP contribution in [0, 0.1) is 5.82 Å². The molecular weight excluding hydrogens is 340 g/mol. The number of nitrogens with one attached hydrogen (secondary N) is 1. The zero-order chi connectivity index (χ0) is 18.6. The minimum absolute atomic E-state index is 0.106. The Labute approximate surface area is 143 Å². The van der Waals surface area contributed by atoms with Gasteiger partial charge in [-0.2, -0.15) is 13.2 Å². The molecule has 0 bridgehead atoms. The van der Waals surface area contributed by atoms with E-state index in [0.29, 0.717) is 19.4 Å². The van der Waals surface area contributed by atoms with Gasteiger partial charge < -0.3 is 10.2 Å². The SMILES string of the molecule is C[C@@H](CC(=O)N1CCC[C@@H]1C(=O)NCC(F)(F)F)c1ccc(F)cc1. The lowest BCUT2D eigenvalue weighted by molar-refractivity contribution is -0.144. The Kier molecular flexibility index (Phi) is 6.02. The predicted octanol–water partition coefficient (Wildman–Crippen LogP) is 2.99. The van der Waals surface area contributed by atoms with Crippen molar-refractivity contribution in [2.24, 2.45) is 0 Å². The zero-order valence-corrected chi connectivity index (χ0v) is 13.8. The van der Waals surface area contributed by atoms with E-state index in [0.717, 1.165) is 5.56 Å². The van der Waals surface area contributed by atoms with Crippen molar-refractivity contribution >= 4 is 11.8 Å². The third-order valence-corrected chi connectivity index (χ3v) is 4.26. The van der Waals surface area contributed by atoms with Crippen LogP contribution in [-0.4, -0.2) is 42.0 Å². The smallest absolute Gasteiger partial charge is 0.345 e. The summed E-state index contributed by atoms with van der Waals surface area (Å²) >= 11 is 0. The number of benzene rings is 1. The molecule has 0 saturated carbocycles. The summed E-state index contributed by atoms with van der Waals surface area (Å²) in [5, 5.41) is 1.84. The molecule has 1 saturated heterocycles. The fourth-order valence-corrected chi connectivity index (χ4v) is 2.93. The van der Waals surface area contributed by atoms with Gasteiger partial charge in [-0.05, 0) is 36.5 Å². The minimum Gasteiger partial charge on any atom is -0.345 e. The van der Waals surface area contributed by atoms with Crippen LogP contribution < -0.4 is 5.32 Å². The predicted molar refractivity (Wildman–Crippen MR) is 83.2 cm³/mol. The number of halogens is 4. The maximum Gasteiger partial charge on any atom is 0.405 e. The summed E-state index contributed by atoms with van der Waals surface area (Å²) < 4.78 is 49.6. The Morgan fingerprint density at radius 1 is 1.28 bits per heavy atom. The van der Waals surface area contributed by atoms with E-state index in [2.05, 4.69) is 0 Å². The first-order valence-electron chi connectivity index (χ1n) is 8.07. The van der Waals surface area contributed by atoms with Crippen molar-refractivity contribution in [3.63, 3.8) is 0 Å². The highest BCUT2D eigenvalue weighted by Gasteiger charge is 2.36. The van der Waals surface area contributed by atoms with E-state index in [-0.39, 0.29) is 24.1 Å². The number of hydrogen-bond donors (Lipinski definition) is 1. The molecule has 0 unspecified atom stereocenters. The Bertz CT molecular complexity index is 616. The molecule has 2 amide bonds. The molecule has 0 aromatic heterocycles. The zero-order valence-electron chi connectivity index (χ0n) is 13.8. The van der Waals surface area contributed by atoms with Crippen molar-refractivity contribution < 1.29 is 27.2 Å². The summed E-state index contributed by atoms with van der Waals surface area (Å²) in [5.74, 6) is -1.63. The van der Waals surface area contributed by atoms with Crippen LogP contribution in [0.3, 0.4) is 0 Å². The number of carbonyl (C=O) groups is 2. The summed E-state index contributed by atoms with van der Waals surface area (Å²) in [6, 6.07) is 4.92. The van der Waals surface area contributed by atoms with E-state index in [1.165, 1.54) is 17.0 Å². The van der Waals surface area contributed by atoms with Gasteiger partial charge in [-0.1, -0.05) is 19.1 Å². The highest BCUT2D eigenvalue weighted by molar-refractivity contribution is 5.88. The largest absolute Gasteiger partial charge is 0.405 e. The van der Waals surface area contributed by atoms with Crippen molar-refractivity contribution in [3.05, 3.63) is 35.6 Å². The third-order valence-electron chi connectivity index (χ3n) is 4.26. The normalized spacial score (nSPS) is 18.9. The van der Waals surface area contributed by atoms with Crippen molar-refractivity contribution in [2.45, 2.75) is 44.3 Å². The Hall–Kier alpha value is -2.12. The Balaban J connectivity index is 1.95. The van der Waals surface area contributed by atoms with Gasteiger partial charge in [0.05, 0.1) is 0 Å². The summed E-state index contributed by atoms with van der Waals surface area (Å²) in [6.45, 7) is 0.745. The number of nitrogens with zero attached hydrogens (tertiary/aromatic N) is 1. The van der Waals surface area contributed by atoms with Gasteiger partial charge in [-0.15, -0.1) is 0 Å². The molecular formula is C17H20F4N2O2. The maximum atomic E-state index is 13.0. The molecule has 1 aromatic rings. The fourth-order valence-electron chi connectivity index (χ4n) is 2.93. The lowest BCUT2D eigenvalue weighted by Gasteiger charge is -2.25. The van der Waals surface area contributed by atoms with Gasteiger partial charge >= 0.3 is 6.18 Å². The van der Waals surface area contributed by atoms with Crippen LogP contribution in [0.1, 0.15) is 37.7 Å². The lowest BCUT2D eigenvalue weighted by Crippen LogP contribution is -2.48. The molecule has 4 nitrogen and oxygen atoms in total. The molecule has 0 spiro atoms. The fraction of sp³-hybridized carbons (Fsp3) is 0.529. The summed E-state index contributed by atoms with van der Waals surface area (Å²) in [4.78, 5) is 25.8. The van der Waals surface area contributed by atoms with E-state index in [1.54, 1.807) is 19.1 Å². The number of likely N-dealkylation sites (tertiary alicyclic amines) is 1. The van der Waals surface area contributed by atoms with E-state index in [4.69, 9.17) is 0 Å². The van der Waals surface area contributed by atoms with Crippen LogP contribution in [-0.2, 0) is 9.59 Å². The number of carbonyl (C=O) groups excluding carboxylic acids is 2. The van der Waals surface area contributed by atoms with Gasteiger partial charge in [0, 0.05) is 13.0 Å². The van der Waals surface area contributed by atoms with Crippen LogP contribution in [0.5, 0.6) is 0 Å². The number of alkyl halides is 3. The average molecular weight is 360 g/mol. The molecule has 8 heteroatoms. The minimum atomic E-state index is -4.49. The average Bonchev–Trinajstić information content (AvgIpc) is 3.02. The molecule has 25 heavy (non-hydrogen) atoms. The van der Waals surface area contributed by atoms with Crippen LogP contribution in [0.25, 0.3) is 0 Å². The van der Waals surface area contributed by atoms with Gasteiger partial charge in [0.15, 0.2) is 0 Å². The Morgan fingerprint density at radius 2 is 1.92 bits per heavy atom. The van der Waals surface area contributed by atoms with Crippen molar-refractivity contribution in [1.82, 2.24) is 10.2 Å². The van der Waals surface area contributed by atoms with E-state index in [9.17, 15) is 27.2 Å². The van der Waals surface area contributed by atoms with Crippen LogP contribution >= 0.6 is 0 Å². The van der Waals surface area contributed by atoms with Crippen LogP contribution in [0.15, 0.2) is 24.3 Å². The second-order valence-corrected chi connectivity index (χ2v) is 6.23. The van der Waals surface area contributed by atoms with Crippen molar-refractivity contribution in [3.8, 4) is 0 Å². The molecule has 1 aliphatic rings. The molecule has 1 N–H and O–H groups in total. The number of rotatable bonds is 5. The molecule has 2 rings (SSSR count). The first-order chi connectivity index (χ1) is 11.7. The van der Waals surface area contributed by atoms with Gasteiger partial charge in [0.25, 0.3) is 0 Å². The van der Waals surface area contributed by atoms with Crippen molar-refractivity contribution in [1.29, 1.82) is 0 Å². The first kappa shape index (κ1) is 19.2. The number of hydrogen-bond acceptors (Lipinski definition) is 2. The molecule has 138 valence electrons. The van der Waals surface area contributed by atoms with Crippen LogP contribution in [0.2, 0.25) is 0 Å². The molecule has 1 heterocycles. The van der Waals surface area contributed by atoms with Gasteiger partial charge in [-0.3, -0.25) is 9.59 Å². The molecule has 0 aliphatic carbocycles. The van der Waals surface area contributed by atoms with E-state index >= 15 is 0 Å². The molecule has 1 aromatic carbocycles. The van der Waals surface area contributed by atoms with Gasteiger partial charge in [-0.25, -0.2) is 4.39 Å². The van der Waals surface area contributed by atoms with Crippen LogP contribution in [0.4, 0.5) is 17.6 Å². The second kappa shape index (κ2) is 7.84. The Morgan fingerprint density at radius 3 is 2.52 bits per heavy atom. The quantitative estimate of drug-likeness (QED) is 0.821. The monoisotopic (exact) mass is 360 g/mol. The molecule has 1 fully saturated rings. The summed E-state index contributed by atoms with van der Waals surface area (Å²) in [7, 11) is 0. The molecule has 0 radical (unpaired) electrons.